The molecule has 1 N–H and O–H groups in total. The zero-order chi connectivity index (χ0) is 10.7. The number of methoxy groups -OCH3 is 1. The molecule has 2 fully saturated rings. The Balaban J connectivity index is 0.00000128. The number of nitrogens with one attached hydrogen (secondary N) is 1. The summed E-state index contributed by atoms with van der Waals surface area (Å²) < 4.78 is 5.25. The Kier molecular flexibility index (Phi) is 5.52. The van der Waals surface area contributed by atoms with E-state index in [9.17, 15) is 4.79 Å². The fourth-order valence-corrected chi connectivity index (χ4v) is 2.42. The number of nitrogens with zero attached hydrogens (tertiary/aromatic N) is 1. The molecule has 0 aromatic heterocycles. The second-order valence-electron chi connectivity index (χ2n) is 4.48. The molecule has 2 atom stereocenters. The molecule has 2 rings (SSSR count). The minimum Gasteiger partial charge on any atom is -0.380 e. The van der Waals surface area contributed by atoms with Gasteiger partial charge in [0.2, 0.25) is 5.91 Å². The minimum atomic E-state index is 0. The third-order valence-electron chi connectivity index (χ3n) is 3.41. The van der Waals surface area contributed by atoms with Gasteiger partial charge in [-0.15, -0.1) is 12.4 Å². The van der Waals surface area contributed by atoms with Gasteiger partial charge in [0.05, 0.1) is 6.10 Å². The van der Waals surface area contributed by atoms with Crippen molar-refractivity contribution in [1.82, 2.24) is 10.2 Å². The van der Waals surface area contributed by atoms with Crippen molar-refractivity contribution in [3.8, 4) is 0 Å². The van der Waals surface area contributed by atoms with Crippen LogP contribution in [0.25, 0.3) is 0 Å². The Bertz CT molecular complexity index is 232. The van der Waals surface area contributed by atoms with E-state index in [4.69, 9.17) is 4.74 Å². The van der Waals surface area contributed by atoms with E-state index >= 15 is 0 Å². The van der Waals surface area contributed by atoms with Crippen LogP contribution in [0, 0.1) is 0 Å². The summed E-state index contributed by atoms with van der Waals surface area (Å²) in [6, 6.07) is 0.416. The van der Waals surface area contributed by atoms with E-state index in [1.54, 1.807) is 7.11 Å². The van der Waals surface area contributed by atoms with Crippen LogP contribution in [0.1, 0.15) is 25.7 Å². The first kappa shape index (κ1) is 13.7. The van der Waals surface area contributed by atoms with Crippen molar-refractivity contribution in [2.75, 3.05) is 26.7 Å². The largest absolute Gasteiger partial charge is 0.380 e. The molecule has 1 amide bonds. The van der Waals surface area contributed by atoms with E-state index in [1.807, 2.05) is 4.90 Å². The molecule has 5 heteroatoms. The molecule has 0 saturated carbocycles. The number of carbonyl (C=O) groups excluding carboxylic acids is 1. The molecule has 94 valence electrons. The van der Waals surface area contributed by atoms with Crippen LogP contribution in [0.3, 0.4) is 0 Å². The molecule has 16 heavy (non-hydrogen) atoms. The number of carbonyl (C=O) groups is 1. The predicted molar refractivity (Wildman–Crippen MR) is 64.9 cm³/mol. The van der Waals surface area contributed by atoms with Gasteiger partial charge < -0.3 is 15.0 Å². The van der Waals surface area contributed by atoms with Crippen LogP contribution in [0.15, 0.2) is 0 Å². The van der Waals surface area contributed by atoms with Crippen molar-refractivity contribution < 1.29 is 9.53 Å². The number of likely N-dealkylation sites (tertiary alicyclic amines) is 1. The molecule has 0 spiro atoms. The number of hydrogen-bond acceptors (Lipinski definition) is 3. The van der Waals surface area contributed by atoms with Crippen LogP contribution in [0.4, 0.5) is 0 Å². The second kappa shape index (κ2) is 6.42. The SMILES string of the molecule is CO[C@H]1CCN(C(=O)CC2CCCN2)C1.Cl. The maximum atomic E-state index is 11.9. The molecular weight excluding hydrogens is 228 g/mol. The van der Waals surface area contributed by atoms with E-state index in [2.05, 4.69) is 5.32 Å². The van der Waals surface area contributed by atoms with Crippen molar-refractivity contribution in [3.63, 3.8) is 0 Å². The van der Waals surface area contributed by atoms with E-state index in [-0.39, 0.29) is 24.4 Å². The van der Waals surface area contributed by atoms with Crippen LogP contribution in [0.5, 0.6) is 0 Å². The van der Waals surface area contributed by atoms with Gasteiger partial charge in [0.1, 0.15) is 0 Å². The molecule has 2 saturated heterocycles. The third kappa shape index (κ3) is 3.34. The molecule has 0 radical (unpaired) electrons. The Morgan fingerprint density at radius 2 is 2.31 bits per heavy atom. The van der Waals surface area contributed by atoms with Crippen molar-refractivity contribution in [2.45, 2.75) is 37.8 Å². The van der Waals surface area contributed by atoms with Crippen LogP contribution in [0.2, 0.25) is 0 Å². The molecule has 0 aromatic rings. The van der Waals surface area contributed by atoms with Crippen molar-refractivity contribution in [1.29, 1.82) is 0 Å². The van der Waals surface area contributed by atoms with Gasteiger partial charge in [-0.2, -0.15) is 0 Å². The Morgan fingerprint density at radius 1 is 1.50 bits per heavy atom. The molecule has 0 aliphatic carbocycles. The van der Waals surface area contributed by atoms with Gasteiger partial charge in [-0.25, -0.2) is 0 Å². The molecule has 2 aliphatic rings. The molecule has 0 bridgehead atoms. The van der Waals surface area contributed by atoms with Gasteiger partial charge in [-0.05, 0) is 25.8 Å². The first-order valence-corrected chi connectivity index (χ1v) is 5.83. The lowest BCUT2D eigenvalue weighted by atomic mass is 10.1. The van der Waals surface area contributed by atoms with Gasteiger partial charge in [0.25, 0.3) is 0 Å². The molecule has 2 aliphatic heterocycles. The average Bonchev–Trinajstić information content (AvgIpc) is 2.86. The minimum absolute atomic E-state index is 0. The summed E-state index contributed by atoms with van der Waals surface area (Å²) in [5.41, 5.74) is 0. The number of rotatable bonds is 3. The first-order chi connectivity index (χ1) is 7.29. The maximum Gasteiger partial charge on any atom is 0.224 e. The summed E-state index contributed by atoms with van der Waals surface area (Å²) in [6.45, 7) is 2.71. The van der Waals surface area contributed by atoms with E-state index in [1.165, 1.54) is 6.42 Å². The van der Waals surface area contributed by atoms with Gasteiger partial charge >= 0.3 is 0 Å². The monoisotopic (exact) mass is 248 g/mol. The highest BCUT2D eigenvalue weighted by molar-refractivity contribution is 5.85. The molecule has 4 nitrogen and oxygen atoms in total. The van der Waals surface area contributed by atoms with E-state index in [0.717, 1.165) is 32.5 Å². The molecule has 0 aromatic carbocycles. The zero-order valence-corrected chi connectivity index (χ0v) is 10.6. The summed E-state index contributed by atoms with van der Waals surface area (Å²) in [5.74, 6) is 0.286. The summed E-state index contributed by atoms with van der Waals surface area (Å²) in [6.07, 6.45) is 4.26. The average molecular weight is 249 g/mol. The van der Waals surface area contributed by atoms with Crippen molar-refractivity contribution >= 4 is 18.3 Å². The normalized spacial score (nSPS) is 29.2. The molecule has 1 unspecified atom stereocenters. The highest BCUT2D eigenvalue weighted by Gasteiger charge is 2.28. The van der Waals surface area contributed by atoms with E-state index in [0.29, 0.717) is 12.5 Å². The van der Waals surface area contributed by atoms with Crippen molar-refractivity contribution in [2.24, 2.45) is 0 Å². The quantitative estimate of drug-likeness (QED) is 0.803. The van der Waals surface area contributed by atoms with Crippen LogP contribution in [-0.4, -0.2) is 49.7 Å². The van der Waals surface area contributed by atoms with Gasteiger partial charge in [-0.1, -0.05) is 0 Å². The fourth-order valence-electron chi connectivity index (χ4n) is 2.42. The van der Waals surface area contributed by atoms with Gasteiger partial charge in [0, 0.05) is 32.7 Å². The smallest absolute Gasteiger partial charge is 0.224 e. The van der Waals surface area contributed by atoms with E-state index < -0.39 is 0 Å². The lowest BCUT2D eigenvalue weighted by Gasteiger charge is -2.18. The van der Waals surface area contributed by atoms with Gasteiger partial charge in [0.15, 0.2) is 0 Å². The first-order valence-electron chi connectivity index (χ1n) is 5.83. The fraction of sp³-hybridized carbons (Fsp3) is 0.909. The Labute approximate surface area is 103 Å². The number of ether oxygens (including phenoxy) is 1. The Hall–Kier alpha value is -0.320. The topological polar surface area (TPSA) is 41.6 Å². The standard InChI is InChI=1S/C11H20N2O2.ClH/c1-15-10-4-6-13(8-10)11(14)7-9-3-2-5-12-9;/h9-10,12H,2-8H2,1H3;1H/t9?,10-;/m0./s1. The third-order valence-corrected chi connectivity index (χ3v) is 3.41. The summed E-state index contributed by atoms with van der Waals surface area (Å²) in [5, 5.41) is 3.36. The van der Waals surface area contributed by atoms with Gasteiger partial charge in [-0.3, -0.25) is 4.79 Å². The lowest BCUT2D eigenvalue weighted by Crippen LogP contribution is -2.35. The van der Waals surface area contributed by atoms with Crippen LogP contribution in [-0.2, 0) is 9.53 Å². The zero-order valence-electron chi connectivity index (χ0n) is 9.78. The highest BCUT2D eigenvalue weighted by atomic mass is 35.5. The molecular formula is C11H21ClN2O2. The van der Waals surface area contributed by atoms with Crippen LogP contribution < -0.4 is 5.32 Å². The van der Waals surface area contributed by atoms with Crippen molar-refractivity contribution in [3.05, 3.63) is 0 Å². The summed E-state index contributed by atoms with van der Waals surface area (Å²) in [4.78, 5) is 13.8. The van der Waals surface area contributed by atoms with Crippen LogP contribution >= 0.6 is 12.4 Å². The number of amides is 1. The Morgan fingerprint density at radius 3 is 2.88 bits per heavy atom. The second-order valence-corrected chi connectivity index (χ2v) is 4.48. The lowest BCUT2D eigenvalue weighted by molar-refractivity contribution is -0.131. The number of hydrogen-bond donors (Lipinski definition) is 1. The predicted octanol–water partition coefficient (Wildman–Crippen LogP) is 0.798. The maximum absolute atomic E-state index is 11.9. The molecule has 2 heterocycles. The summed E-state index contributed by atoms with van der Waals surface area (Å²) in [7, 11) is 1.72. The summed E-state index contributed by atoms with van der Waals surface area (Å²) >= 11 is 0. The highest BCUT2D eigenvalue weighted by Crippen LogP contribution is 2.16. The number of halogens is 1.